The molecule has 2 rings (SSSR count). The van der Waals surface area contributed by atoms with Crippen LogP contribution in [-0.2, 0) is 4.74 Å². The molecule has 112 valence electrons. The number of hydrogen-bond acceptors (Lipinski definition) is 4. The zero-order chi connectivity index (χ0) is 14.2. The van der Waals surface area contributed by atoms with Crippen LogP contribution in [0.4, 0.5) is 11.4 Å². The number of morpholine rings is 1. The van der Waals surface area contributed by atoms with Gasteiger partial charge < -0.3 is 20.1 Å². The number of anilines is 2. The molecule has 0 aliphatic carbocycles. The van der Waals surface area contributed by atoms with E-state index in [2.05, 4.69) is 16.3 Å². The van der Waals surface area contributed by atoms with E-state index < -0.39 is 0 Å². The van der Waals surface area contributed by atoms with Crippen LogP contribution in [0.5, 0.6) is 0 Å². The molecule has 0 bridgehead atoms. The molecule has 1 fully saturated rings. The Hall–Kier alpha value is -0.970. The van der Waals surface area contributed by atoms with Crippen LogP contribution in [0.3, 0.4) is 0 Å². The first-order valence-electron chi connectivity index (χ1n) is 7.29. The first kappa shape index (κ1) is 15.4. The molecule has 0 saturated carbocycles. The summed E-state index contributed by atoms with van der Waals surface area (Å²) in [4.78, 5) is 2.28. The van der Waals surface area contributed by atoms with Crippen LogP contribution in [0.25, 0.3) is 0 Å². The van der Waals surface area contributed by atoms with E-state index in [1.807, 2.05) is 12.1 Å². The van der Waals surface area contributed by atoms with Gasteiger partial charge in [0.25, 0.3) is 0 Å². The predicted molar refractivity (Wildman–Crippen MR) is 83.9 cm³/mol. The average Bonchev–Trinajstić information content (AvgIpc) is 2.48. The van der Waals surface area contributed by atoms with Gasteiger partial charge >= 0.3 is 0 Å². The standard InChI is InChI=1S/C15H23ClN2O2/c16-13-5-4-6-14(17-7-2-1-3-10-19)15(13)18-8-11-20-12-9-18/h4-6,17,19H,1-3,7-12H2. The van der Waals surface area contributed by atoms with Crippen LogP contribution in [0.2, 0.25) is 5.02 Å². The van der Waals surface area contributed by atoms with Gasteiger partial charge in [-0.2, -0.15) is 0 Å². The van der Waals surface area contributed by atoms with Crippen LogP contribution in [0, 0.1) is 0 Å². The van der Waals surface area contributed by atoms with Crippen molar-refractivity contribution in [2.24, 2.45) is 0 Å². The van der Waals surface area contributed by atoms with Crippen LogP contribution in [0.15, 0.2) is 18.2 Å². The Morgan fingerprint density at radius 1 is 1.20 bits per heavy atom. The van der Waals surface area contributed by atoms with E-state index in [4.69, 9.17) is 21.4 Å². The van der Waals surface area contributed by atoms with E-state index in [-0.39, 0.29) is 6.61 Å². The number of nitrogens with one attached hydrogen (secondary N) is 1. The van der Waals surface area contributed by atoms with Crippen LogP contribution in [0.1, 0.15) is 19.3 Å². The molecule has 0 aromatic heterocycles. The van der Waals surface area contributed by atoms with E-state index in [1.54, 1.807) is 0 Å². The summed E-state index contributed by atoms with van der Waals surface area (Å²) < 4.78 is 5.40. The maximum absolute atomic E-state index is 8.78. The summed E-state index contributed by atoms with van der Waals surface area (Å²) in [5.41, 5.74) is 2.17. The Morgan fingerprint density at radius 2 is 2.00 bits per heavy atom. The lowest BCUT2D eigenvalue weighted by atomic mass is 10.2. The van der Waals surface area contributed by atoms with Gasteiger partial charge in [0.15, 0.2) is 0 Å². The number of aliphatic hydroxyl groups is 1. The maximum atomic E-state index is 8.78. The zero-order valence-electron chi connectivity index (χ0n) is 11.8. The van der Waals surface area contributed by atoms with Gasteiger partial charge in [-0.25, -0.2) is 0 Å². The fourth-order valence-electron chi connectivity index (χ4n) is 2.40. The second-order valence-electron chi connectivity index (χ2n) is 4.95. The van der Waals surface area contributed by atoms with Crippen LogP contribution < -0.4 is 10.2 Å². The van der Waals surface area contributed by atoms with Crippen molar-refractivity contribution in [1.82, 2.24) is 0 Å². The van der Waals surface area contributed by atoms with E-state index >= 15 is 0 Å². The molecule has 0 atom stereocenters. The van der Waals surface area contributed by atoms with Crippen molar-refractivity contribution in [3.05, 3.63) is 23.2 Å². The number of aliphatic hydroxyl groups excluding tert-OH is 1. The molecule has 1 aromatic rings. The lowest BCUT2D eigenvalue weighted by molar-refractivity contribution is 0.123. The topological polar surface area (TPSA) is 44.7 Å². The lowest BCUT2D eigenvalue weighted by Gasteiger charge is -2.31. The van der Waals surface area contributed by atoms with Crippen molar-refractivity contribution in [2.45, 2.75) is 19.3 Å². The third-order valence-corrected chi connectivity index (χ3v) is 3.77. The molecule has 0 amide bonds. The Balaban J connectivity index is 1.98. The largest absolute Gasteiger partial charge is 0.396 e. The highest BCUT2D eigenvalue weighted by Gasteiger charge is 2.17. The molecule has 0 radical (unpaired) electrons. The highest BCUT2D eigenvalue weighted by atomic mass is 35.5. The molecule has 1 heterocycles. The summed E-state index contributed by atoms with van der Waals surface area (Å²) in [5.74, 6) is 0. The van der Waals surface area contributed by atoms with E-state index in [1.165, 1.54) is 0 Å². The smallest absolute Gasteiger partial charge is 0.0792 e. The van der Waals surface area contributed by atoms with Gasteiger partial charge in [0.05, 0.1) is 29.6 Å². The highest BCUT2D eigenvalue weighted by molar-refractivity contribution is 6.34. The molecule has 1 aliphatic heterocycles. The van der Waals surface area contributed by atoms with Crippen molar-refractivity contribution in [3.8, 4) is 0 Å². The summed E-state index contributed by atoms with van der Waals surface area (Å²) in [5, 5.41) is 13.0. The molecule has 1 saturated heterocycles. The minimum Gasteiger partial charge on any atom is -0.396 e. The molecule has 5 heteroatoms. The molecule has 1 aliphatic rings. The SMILES string of the molecule is OCCCCCNc1cccc(Cl)c1N1CCOCC1. The molecular formula is C15H23ClN2O2. The van der Waals surface area contributed by atoms with E-state index in [9.17, 15) is 0 Å². The second kappa shape index (κ2) is 8.35. The predicted octanol–water partition coefficient (Wildman–Crippen LogP) is 2.75. The third kappa shape index (κ3) is 4.27. The summed E-state index contributed by atoms with van der Waals surface area (Å²) in [7, 11) is 0. The summed E-state index contributed by atoms with van der Waals surface area (Å²) in [6, 6.07) is 5.98. The number of rotatable bonds is 7. The number of ether oxygens (including phenoxy) is 1. The van der Waals surface area contributed by atoms with E-state index in [0.717, 1.165) is 68.5 Å². The monoisotopic (exact) mass is 298 g/mol. The normalized spacial score (nSPS) is 15.4. The Bertz CT molecular complexity index is 409. The number of halogens is 1. The van der Waals surface area contributed by atoms with Gasteiger partial charge in [-0.05, 0) is 31.4 Å². The molecule has 2 N–H and O–H groups in total. The van der Waals surface area contributed by atoms with Crippen molar-refractivity contribution < 1.29 is 9.84 Å². The quantitative estimate of drug-likeness (QED) is 0.760. The number of nitrogens with zero attached hydrogens (tertiary/aromatic N) is 1. The zero-order valence-corrected chi connectivity index (χ0v) is 12.5. The van der Waals surface area contributed by atoms with Gasteiger partial charge in [0.2, 0.25) is 0 Å². The summed E-state index contributed by atoms with van der Waals surface area (Å²) in [6.45, 7) is 4.43. The lowest BCUT2D eigenvalue weighted by Crippen LogP contribution is -2.36. The third-order valence-electron chi connectivity index (χ3n) is 3.46. The minimum absolute atomic E-state index is 0.274. The molecule has 0 unspecified atom stereocenters. The minimum atomic E-state index is 0.274. The van der Waals surface area contributed by atoms with Gasteiger partial charge in [0, 0.05) is 26.2 Å². The van der Waals surface area contributed by atoms with Gasteiger partial charge in [-0.15, -0.1) is 0 Å². The number of unbranched alkanes of at least 4 members (excludes halogenated alkanes) is 2. The fraction of sp³-hybridized carbons (Fsp3) is 0.600. The van der Waals surface area contributed by atoms with Crippen LogP contribution in [-0.4, -0.2) is 44.6 Å². The van der Waals surface area contributed by atoms with Crippen LogP contribution >= 0.6 is 11.6 Å². The first-order chi connectivity index (χ1) is 9.83. The molecule has 0 spiro atoms. The molecular weight excluding hydrogens is 276 g/mol. The fourth-order valence-corrected chi connectivity index (χ4v) is 2.70. The van der Waals surface area contributed by atoms with E-state index in [0.29, 0.717) is 0 Å². The Kier molecular flexibility index (Phi) is 6.43. The Labute approximate surface area is 125 Å². The van der Waals surface area contributed by atoms with Crippen molar-refractivity contribution in [3.63, 3.8) is 0 Å². The van der Waals surface area contributed by atoms with Crippen molar-refractivity contribution >= 4 is 23.0 Å². The van der Waals surface area contributed by atoms with Crippen molar-refractivity contribution in [1.29, 1.82) is 0 Å². The van der Waals surface area contributed by atoms with Gasteiger partial charge in [-0.3, -0.25) is 0 Å². The van der Waals surface area contributed by atoms with Gasteiger partial charge in [-0.1, -0.05) is 17.7 Å². The summed E-state index contributed by atoms with van der Waals surface area (Å²) in [6.07, 6.45) is 2.96. The van der Waals surface area contributed by atoms with Crippen molar-refractivity contribution in [2.75, 3.05) is 49.7 Å². The number of para-hydroxylation sites is 1. The van der Waals surface area contributed by atoms with Gasteiger partial charge in [0.1, 0.15) is 0 Å². The molecule has 20 heavy (non-hydrogen) atoms. The second-order valence-corrected chi connectivity index (χ2v) is 5.35. The number of benzene rings is 1. The molecule has 1 aromatic carbocycles. The number of hydrogen-bond donors (Lipinski definition) is 2. The Morgan fingerprint density at radius 3 is 2.75 bits per heavy atom. The maximum Gasteiger partial charge on any atom is 0.0792 e. The molecule has 4 nitrogen and oxygen atoms in total. The first-order valence-corrected chi connectivity index (χ1v) is 7.66. The highest BCUT2D eigenvalue weighted by Crippen LogP contribution is 2.34. The summed E-state index contributed by atoms with van der Waals surface area (Å²) >= 11 is 6.37. The average molecular weight is 299 g/mol.